The van der Waals surface area contributed by atoms with Crippen LogP contribution in [0.5, 0.6) is 11.5 Å². The van der Waals surface area contributed by atoms with E-state index in [0.29, 0.717) is 0 Å². The van der Waals surface area contributed by atoms with Crippen molar-refractivity contribution >= 4 is 0 Å². The van der Waals surface area contributed by atoms with Crippen LogP contribution in [0.4, 0.5) is 0 Å². The van der Waals surface area contributed by atoms with Crippen LogP contribution in [0, 0.1) is 0 Å². The van der Waals surface area contributed by atoms with Gasteiger partial charge in [-0.05, 0) is 38.5 Å². The first-order valence-corrected chi connectivity index (χ1v) is 6.73. The molecule has 1 aromatic rings. The van der Waals surface area contributed by atoms with Gasteiger partial charge in [-0.25, -0.2) is 0 Å². The van der Waals surface area contributed by atoms with Crippen LogP contribution in [0.2, 0.25) is 0 Å². The summed E-state index contributed by atoms with van der Waals surface area (Å²) in [4.78, 5) is 0. The Morgan fingerprint density at radius 2 is 2.17 bits per heavy atom. The van der Waals surface area contributed by atoms with Crippen LogP contribution in [0.15, 0.2) is 18.2 Å². The summed E-state index contributed by atoms with van der Waals surface area (Å²) in [6, 6.07) is 6.04. The number of fused-ring (bicyclic) bond motifs is 3. The molecular weight excluding hydrogens is 228 g/mol. The van der Waals surface area contributed by atoms with Crippen LogP contribution in [0.25, 0.3) is 0 Å². The van der Waals surface area contributed by atoms with Crippen LogP contribution in [0.3, 0.4) is 0 Å². The predicted molar refractivity (Wildman–Crippen MR) is 69.2 cm³/mol. The molecule has 0 N–H and O–H groups in total. The fourth-order valence-electron chi connectivity index (χ4n) is 2.48. The van der Waals surface area contributed by atoms with Gasteiger partial charge < -0.3 is 14.2 Å². The standard InChI is InChI=1S/C15H20O3/c1-4-5-8-16-10-6-7-12-11(9-10)13-14(17-13)15(2,3)18-12/h6-7,9,13-14H,4-5,8H2,1-3H3. The molecule has 2 heterocycles. The highest BCUT2D eigenvalue weighted by atomic mass is 16.6. The minimum absolute atomic E-state index is 0.191. The number of epoxide rings is 1. The molecule has 0 aliphatic carbocycles. The van der Waals surface area contributed by atoms with Crippen molar-refractivity contribution in [1.29, 1.82) is 0 Å². The van der Waals surface area contributed by atoms with Crippen molar-refractivity contribution in [2.75, 3.05) is 6.61 Å². The number of ether oxygens (including phenoxy) is 3. The van der Waals surface area contributed by atoms with Gasteiger partial charge in [0.05, 0.1) is 6.61 Å². The van der Waals surface area contributed by atoms with E-state index in [1.807, 2.05) is 12.1 Å². The Hall–Kier alpha value is -1.22. The quantitative estimate of drug-likeness (QED) is 0.604. The van der Waals surface area contributed by atoms with Crippen LogP contribution >= 0.6 is 0 Å². The largest absolute Gasteiger partial charge is 0.494 e. The van der Waals surface area contributed by atoms with Gasteiger partial charge in [-0.15, -0.1) is 0 Å². The van der Waals surface area contributed by atoms with Crippen LogP contribution in [-0.2, 0) is 4.74 Å². The van der Waals surface area contributed by atoms with E-state index in [4.69, 9.17) is 14.2 Å². The van der Waals surface area contributed by atoms with Gasteiger partial charge >= 0.3 is 0 Å². The minimum atomic E-state index is -0.220. The van der Waals surface area contributed by atoms with Gasteiger partial charge in [0.25, 0.3) is 0 Å². The second-order valence-electron chi connectivity index (χ2n) is 5.58. The first-order chi connectivity index (χ1) is 8.62. The van der Waals surface area contributed by atoms with Crippen molar-refractivity contribution in [3.05, 3.63) is 23.8 Å². The summed E-state index contributed by atoms with van der Waals surface area (Å²) >= 11 is 0. The number of rotatable bonds is 4. The molecule has 0 saturated carbocycles. The summed E-state index contributed by atoms with van der Waals surface area (Å²) in [5.41, 5.74) is 0.913. The molecule has 3 nitrogen and oxygen atoms in total. The van der Waals surface area contributed by atoms with Crippen molar-refractivity contribution in [2.24, 2.45) is 0 Å². The summed E-state index contributed by atoms with van der Waals surface area (Å²) < 4.78 is 17.4. The van der Waals surface area contributed by atoms with Gasteiger partial charge in [0.15, 0.2) is 0 Å². The predicted octanol–water partition coefficient (Wildman–Crippen LogP) is 3.48. The van der Waals surface area contributed by atoms with E-state index < -0.39 is 0 Å². The molecule has 0 bridgehead atoms. The lowest BCUT2D eigenvalue weighted by Crippen LogP contribution is -2.37. The Kier molecular flexibility index (Phi) is 2.74. The highest BCUT2D eigenvalue weighted by Gasteiger charge is 2.56. The van der Waals surface area contributed by atoms with Crippen LogP contribution in [-0.4, -0.2) is 18.3 Å². The van der Waals surface area contributed by atoms with Gasteiger partial charge in [-0.2, -0.15) is 0 Å². The Bertz CT molecular complexity index is 453. The van der Waals surface area contributed by atoms with Crippen molar-refractivity contribution in [3.8, 4) is 11.5 Å². The number of hydrogen-bond donors (Lipinski definition) is 0. The van der Waals surface area contributed by atoms with E-state index in [1.165, 1.54) is 0 Å². The van der Waals surface area contributed by atoms with Crippen molar-refractivity contribution in [1.82, 2.24) is 0 Å². The Balaban J connectivity index is 1.78. The van der Waals surface area contributed by atoms with Gasteiger partial charge in [0, 0.05) is 5.56 Å². The lowest BCUT2D eigenvalue weighted by Gasteiger charge is -2.29. The lowest BCUT2D eigenvalue weighted by atomic mass is 9.94. The number of unbranched alkanes of at least 4 members (excludes halogenated alkanes) is 1. The van der Waals surface area contributed by atoms with E-state index >= 15 is 0 Å². The van der Waals surface area contributed by atoms with Gasteiger partial charge in [-0.3, -0.25) is 0 Å². The number of hydrogen-bond acceptors (Lipinski definition) is 3. The molecule has 2 unspecified atom stereocenters. The molecule has 2 atom stereocenters. The Labute approximate surface area is 108 Å². The first-order valence-electron chi connectivity index (χ1n) is 6.73. The molecule has 1 saturated heterocycles. The topological polar surface area (TPSA) is 31.0 Å². The first kappa shape index (κ1) is 11.8. The third kappa shape index (κ3) is 1.97. The minimum Gasteiger partial charge on any atom is -0.494 e. The van der Waals surface area contributed by atoms with Crippen molar-refractivity contribution in [3.63, 3.8) is 0 Å². The van der Waals surface area contributed by atoms with E-state index in [0.717, 1.165) is 36.5 Å². The lowest BCUT2D eigenvalue weighted by molar-refractivity contribution is 0.0724. The van der Waals surface area contributed by atoms with Gasteiger partial charge in [0.1, 0.15) is 29.3 Å². The van der Waals surface area contributed by atoms with E-state index in [2.05, 4.69) is 26.8 Å². The maximum absolute atomic E-state index is 5.97. The molecule has 0 aromatic heterocycles. The zero-order chi connectivity index (χ0) is 12.8. The third-order valence-corrected chi connectivity index (χ3v) is 3.60. The number of benzene rings is 1. The Morgan fingerprint density at radius 3 is 2.94 bits per heavy atom. The fraction of sp³-hybridized carbons (Fsp3) is 0.600. The molecule has 2 aliphatic heterocycles. The zero-order valence-corrected chi connectivity index (χ0v) is 11.2. The van der Waals surface area contributed by atoms with Gasteiger partial charge in [-0.1, -0.05) is 13.3 Å². The molecule has 1 aromatic carbocycles. The molecule has 3 rings (SSSR count). The molecule has 3 heteroatoms. The molecule has 0 radical (unpaired) electrons. The van der Waals surface area contributed by atoms with Crippen molar-refractivity contribution in [2.45, 2.75) is 51.4 Å². The van der Waals surface area contributed by atoms with Crippen molar-refractivity contribution < 1.29 is 14.2 Å². The summed E-state index contributed by atoms with van der Waals surface area (Å²) in [5, 5.41) is 0. The SMILES string of the molecule is CCCCOc1ccc2c(c1)C1OC1C(C)(C)O2. The normalized spacial score (nSPS) is 26.8. The van der Waals surface area contributed by atoms with Crippen LogP contribution < -0.4 is 9.47 Å². The molecule has 98 valence electrons. The van der Waals surface area contributed by atoms with Gasteiger partial charge in [0.2, 0.25) is 0 Å². The molecule has 0 amide bonds. The molecular formula is C15H20O3. The molecule has 18 heavy (non-hydrogen) atoms. The second kappa shape index (κ2) is 4.16. The maximum atomic E-state index is 5.97. The summed E-state index contributed by atoms with van der Waals surface area (Å²) in [6.45, 7) is 7.09. The molecule has 0 spiro atoms. The summed E-state index contributed by atoms with van der Waals surface area (Å²) in [6.07, 6.45) is 2.62. The maximum Gasteiger partial charge on any atom is 0.132 e. The van der Waals surface area contributed by atoms with E-state index in [1.54, 1.807) is 0 Å². The van der Waals surface area contributed by atoms with E-state index in [-0.39, 0.29) is 17.8 Å². The van der Waals surface area contributed by atoms with Crippen LogP contribution in [0.1, 0.15) is 45.3 Å². The average molecular weight is 248 g/mol. The fourth-order valence-corrected chi connectivity index (χ4v) is 2.48. The Morgan fingerprint density at radius 1 is 1.33 bits per heavy atom. The highest BCUT2D eigenvalue weighted by molar-refractivity contribution is 5.46. The third-order valence-electron chi connectivity index (χ3n) is 3.60. The highest BCUT2D eigenvalue weighted by Crippen LogP contribution is 2.54. The smallest absolute Gasteiger partial charge is 0.132 e. The van der Waals surface area contributed by atoms with E-state index in [9.17, 15) is 0 Å². The second-order valence-corrected chi connectivity index (χ2v) is 5.58. The summed E-state index contributed by atoms with van der Waals surface area (Å²) in [5.74, 6) is 1.85. The summed E-state index contributed by atoms with van der Waals surface area (Å²) in [7, 11) is 0. The average Bonchev–Trinajstić information content (AvgIpc) is 3.11. The molecule has 2 aliphatic rings. The molecule has 1 fully saturated rings. The monoisotopic (exact) mass is 248 g/mol. The zero-order valence-electron chi connectivity index (χ0n) is 11.2.